The summed E-state index contributed by atoms with van der Waals surface area (Å²) in [6.45, 7) is 0.222. The Labute approximate surface area is 211 Å². The van der Waals surface area contributed by atoms with Gasteiger partial charge in [0.05, 0.1) is 6.42 Å². The number of benzene rings is 3. The van der Waals surface area contributed by atoms with Crippen molar-refractivity contribution in [1.82, 2.24) is 10.2 Å². The predicted molar refractivity (Wildman–Crippen MR) is 136 cm³/mol. The van der Waals surface area contributed by atoms with Gasteiger partial charge >= 0.3 is 0 Å². The van der Waals surface area contributed by atoms with E-state index in [0.29, 0.717) is 17.0 Å². The highest BCUT2D eigenvalue weighted by molar-refractivity contribution is 6.30. The molecule has 0 aromatic heterocycles. The van der Waals surface area contributed by atoms with Gasteiger partial charge in [0.25, 0.3) is 0 Å². The van der Waals surface area contributed by atoms with Crippen LogP contribution < -0.4 is 5.32 Å². The number of nitrogens with zero attached hydrogens (tertiary/aromatic N) is 1. The van der Waals surface area contributed by atoms with E-state index in [9.17, 15) is 14.0 Å². The van der Waals surface area contributed by atoms with E-state index in [-0.39, 0.29) is 30.8 Å². The fraction of sp³-hybridized carbons (Fsp3) is 0.310. The van der Waals surface area contributed by atoms with Gasteiger partial charge < -0.3 is 10.2 Å². The van der Waals surface area contributed by atoms with E-state index in [2.05, 4.69) is 5.32 Å². The fourth-order valence-electron chi connectivity index (χ4n) is 4.61. The van der Waals surface area contributed by atoms with E-state index in [1.54, 1.807) is 35.2 Å². The van der Waals surface area contributed by atoms with Crippen LogP contribution in [-0.2, 0) is 29.0 Å². The van der Waals surface area contributed by atoms with Crippen molar-refractivity contribution in [3.8, 4) is 0 Å². The smallest absolute Gasteiger partial charge is 0.243 e. The van der Waals surface area contributed by atoms with E-state index in [1.807, 2.05) is 42.5 Å². The highest BCUT2D eigenvalue weighted by Gasteiger charge is 2.32. The van der Waals surface area contributed by atoms with Gasteiger partial charge in [-0.3, -0.25) is 9.59 Å². The second-order valence-corrected chi connectivity index (χ2v) is 9.55. The normalized spacial score (nSPS) is 14.5. The number of halogens is 2. The summed E-state index contributed by atoms with van der Waals surface area (Å²) in [4.78, 5) is 28.9. The van der Waals surface area contributed by atoms with Gasteiger partial charge in [-0.25, -0.2) is 4.39 Å². The molecule has 4 rings (SSSR count). The number of hydrogen-bond donors (Lipinski definition) is 1. The van der Waals surface area contributed by atoms with Crippen LogP contribution >= 0.6 is 11.6 Å². The number of carbonyl (C=O) groups excluding carboxylic acids is 2. The van der Waals surface area contributed by atoms with E-state index < -0.39 is 11.9 Å². The lowest BCUT2D eigenvalue weighted by molar-refractivity contribution is -0.141. The molecule has 3 aromatic carbocycles. The largest absolute Gasteiger partial charge is 0.352 e. The summed E-state index contributed by atoms with van der Waals surface area (Å²) in [5, 5.41) is 3.77. The number of nitrogens with one attached hydrogen (secondary N) is 1. The van der Waals surface area contributed by atoms with Crippen LogP contribution in [0.1, 0.15) is 42.4 Å². The fourth-order valence-corrected chi connectivity index (χ4v) is 4.74. The quantitative estimate of drug-likeness (QED) is 0.415. The molecule has 1 aliphatic rings. The molecule has 0 bridgehead atoms. The summed E-state index contributed by atoms with van der Waals surface area (Å²) in [5.74, 6) is -0.897. The van der Waals surface area contributed by atoms with Gasteiger partial charge in [-0.15, -0.1) is 0 Å². The summed E-state index contributed by atoms with van der Waals surface area (Å²) in [7, 11) is 0. The Balaban J connectivity index is 1.66. The molecule has 182 valence electrons. The molecule has 0 aliphatic heterocycles. The maximum absolute atomic E-state index is 14.4. The van der Waals surface area contributed by atoms with Gasteiger partial charge in [0.15, 0.2) is 0 Å². The zero-order chi connectivity index (χ0) is 24.6. The van der Waals surface area contributed by atoms with Crippen molar-refractivity contribution in [2.45, 2.75) is 57.2 Å². The SMILES string of the molecule is O=C(NC1CCCC1)[C@H](Cc1ccccc1)N(Cc1ccc(Cl)cc1)C(=O)Cc1ccccc1F. The lowest BCUT2D eigenvalue weighted by Crippen LogP contribution is -2.52. The predicted octanol–water partition coefficient (Wildman–Crippen LogP) is 5.72. The van der Waals surface area contributed by atoms with Crippen molar-refractivity contribution in [2.75, 3.05) is 0 Å². The highest BCUT2D eigenvalue weighted by atomic mass is 35.5. The van der Waals surface area contributed by atoms with Crippen molar-refractivity contribution >= 4 is 23.4 Å². The molecule has 1 N–H and O–H groups in total. The number of amides is 2. The summed E-state index contributed by atoms with van der Waals surface area (Å²) in [5.41, 5.74) is 2.12. The third-order valence-corrected chi connectivity index (χ3v) is 6.79. The van der Waals surface area contributed by atoms with Gasteiger partial charge in [-0.05, 0) is 47.7 Å². The number of rotatable bonds is 9. The average Bonchev–Trinajstić information content (AvgIpc) is 3.37. The minimum Gasteiger partial charge on any atom is -0.352 e. The molecule has 1 atom stereocenters. The molecule has 2 amide bonds. The minimum absolute atomic E-state index is 0.123. The summed E-state index contributed by atoms with van der Waals surface area (Å²) in [6, 6.07) is 22.6. The molecule has 1 saturated carbocycles. The van der Waals surface area contributed by atoms with Crippen LogP contribution in [0.3, 0.4) is 0 Å². The maximum Gasteiger partial charge on any atom is 0.243 e. The average molecular weight is 493 g/mol. The first-order valence-corrected chi connectivity index (χ1v) is 12.5. The molecule has 1 fully saturated rings. The van der Waals surface area contributed by atoms with E-state index in [1.165, 1.54) is 6.07 Å². The van der Waals surface area contributed by atoms with Crippen LogP contribution in [0.15, 0.2) is 78.9 Å². The first kappa shape index (κ1) is 24.9. The molecule has 35 heavy (non-hydrogen) atoms. The first-order chi connectivity index (χ1) is 17.0. The van der Waals surface area contributed by atoms with Crippen LogP contribution in [0.2, 0.25) is 5.02 Å². The van der Waals surface area contributed by atoms with E-state index >= 15 is 0 Å². The summed E-state index contributed by atoms with van der Waals surface area (Å²) >= 11 is 6.06. The standard InChI is InChI=1S/C29H30ClFN2O2/c30-24-16-14-22(15-17-24)20-33(28(34)19-23-10-4-7-13-26(23)31)27(18-21-8-2-1-3-9-21)29(35)32-25-11-5-6-12-25/h1-4,7-10,13-17,25,27H,5-6,11-12,18-20H2,(H,32,35)/t27-/m0/s1. The van der Waals surface area contributed by atoms with Crippen LogP contribution in [0.25, 0.3) is 0 Å². The number of hydrogen-bond acceptors (Lipinski definition) is 2. The Morgan fingerprint density at radius 2 is 1.57 bits per heavy atom. The minimum atomic E-state index is -0.729. The van der Waals surface area contributed by atoms with Gasteiger partial charge in [-0.2, -0.15) is 0 Å². The maximum atomic E-state index is 14.4. The Bertz CT molecular complexity index is 1130. The third kappa shape index (κ3) is 6.92. The molecule has 0 heterocycles. The van der Waals surface area contributed by atoms with Gasteiger partial charge in [-0.1, -0.05) is 85.1 Å². The molecule has 0 spiro atoms. The molecule has 0 radical (unpaired) electrons. The molecule has 6 heteroatoms. The second-order valence-electron chi connectivity index (χ2n) is 9.11. The van der Waals surface area contributed by atoms with Gasteiger partial charge in [0, 0.05) is 24.0 Å². The topological polar surface area (TPSA) is 49.4 Å². The second kappa shape index (κ2) is 12.0. The Hall–Kier alpha value is -3.18. The van der Waals surface area contributed by atoms with Crippen molar-refractivity contribution < 1.29 is 14.0 Å². The zero-order valence-electron chi connectivity index (χ0n) is 19.6. The molecule has 0 saturated heterocycles. The van der Waals surface area contributed by atoms with Gasteiger partial charge in [0.2, 0.25) is 11.8 Å². The Morgan fingerprint density at radius 1 is 0.914 bits per heavy atom. The molecule has 4 nitrogen and oxygen atoms in total. The van der Waals surface area contributed by atoms with Crippen LogP contribution in [-0.4, -0.2) is 28.8 Å². The Morgan fingerprint density at radius 3 is 2.26 bits per heavy atom. The lowest BCUT2D eigenvalue weighted by atomic mass is 10.0. The summed E-state index contributed by atoms with van der Waals surface area (Å²) < 4.78 is 14.4. The van der Waals surface area contributed by atoms with Crippen LogP contribution in [0, 0.1) is 5.82 Å². The first-order valence-electron chi connectivity index (χ1n) is 12.1. The van der Waals surface area contributed by atoms with Crippen LogP contribution in [0.5, 0.6) is 0 Å². The van der Waals surface area contributed by atoms with Crippen molar-refractivity contribution in [3.63, 3.8) is 0 Å². The Kier molecular flexibility index (Phi) is 8.54. The molecule has 0 unspecified atom stereocenters. The lowest BCUT2D eigenvalue weighted by Gasteiger charge is -2.32. The molecular weight excluding hydrogens is 463 g/mol. The van der Waals surface area contributed by atoms with E-state index in [4.69, 9.17) is 11.6 Å². The van der Waals surface area contributed by atoms with Gasteiger partial charge in [0.1, 0.15) is 11.9 Å². The highest BCUT2D eigenvalue weighted by Crippen LogP contribution is 2.21. The molecule has 3 aromatic rings. The summed E-state index contributed by atoms with van der Waals surface area (Å²) in [6.07, 6.45) is 4.33. The zero-order valence-corrected chi connectivity index (χ0v) is 20.4. The van der Waals surface area contributed by atoms with Crippen molar-refractivity contribution in [2.24, 2.45) is 0 Å². The monoisotopic (exact) mass is 492 g/mol. The van der Waals surface area contributed by atoms with Crippen molar-refractivity contribution in [3.05, 3.63) is 106 Å². The third-order valence-electron chi connectivity index (χ3n) is 6.54. The van der Waals surface area contributed by atoms with Crippen LogP contribution in [0.4, 0.5) is 4.39 Å². The molecule has 1 aliphatic carbocycles. The van der Waals surface area contributed by atoms with E-state index in [0.717, 1.165) is 36.8 Å². The number of carbonyl (C=O) groups is 2. The van der Waals surface area contributed by atoms with Crippen molar-refractivity contribution in [1.29, 1.82) is 0 Å². The molecular formula is C29H30ClFN2O2.